The monoisotopic (exact) mass is 424 g/mol. The van der Waals surface area contributed by atoms with Crippen LogP contribution in [0.5, 0.6) is 0 Å². The van der Waals surface area contributed by atoms with Gasteiger partial charge >= 0.3 is 0 Å². The van der Waals surface area contributed by atoms with Crippen LogP contribution in [0, 0.1) is 0 Å². The highest BCUT2D eigenvalue weighted by molar-refractivity contribution is 5.94. The van der Waals surface area contributed by atoms with Crippen molar-refractivity contribution in [2.24, 2.45) is 0 Å². The third-order valence-corrected chi connectivity index (χ3v) is 7.95. The Kier molecular flexibility index (Phi) is 6.39. The first-order valence-electron chi connectivity index (χ1n) is 12.3. The van der Waals surface area contributed by atoms with E-state index >= 15 is 0 Å². The number of rotatable bonds is 6. The Morgan fingerprint density at radius 2 is 1.74 bits per heavy atom. The maximum atomic E-state index is 12.7. The summed E-state index contributed by atoms with van der Waals surface area (Å²) >= 11 is 0. The lowest BCUT2D eigenvalue weighted by Gasteiger charge is -2.44. The zero-order valence-electron chi connectivity index (χ0n) is 18.7. The third kappa shape index (κ3) is 4.57. The molecule has 31 heavy (non-hydrogen) atoms. The van der Waals surface area contributed by atoms with Crippen LogP contribution < -0.4 is 0 Å². The van der Waals surface area contributed by atoms with E-state index < -0.39 is 0 Å². The van der Waals surface area contributed by atoms with Gasteiger partial charge in [0.15, 0.2) is 0 Å². The van der Waals surface area contributed by atoms with Crippen molar-refractivity contribution in [3.05, 3.63) is 34.9 Å². The zero-order valence-corrected chi connectivity index (χ0v) is 18.7. The maximum absolute atomic E-state index is 12.7. The van der Waals surface area contributed by atoms with Crippen LogP contribution in [0.2, 0.25) is 0 Å². The number of benzene rings is 1. The molecular formula is C25H36N4O2. The smallest absolute Gasteiger partial charge is 0.253 e. The maximum Gasteiger partial charge on any atom is 0.253 e. The lowest BCUT2D eigenvalue weighted by atomic mass is 9.91. The van der Waals surface area contributed by atoms with Gasteiger partial charge in [-0.2, -0.15) is 0 Å². The van der Waals surface area contributed by atoms with Gasteiger partial charge in [0.25, 0.3) is 5.91 Å². The molecule has 1 unspecified atom stereocenters. The summed E-state index contributed by atoms with van der Waals surface area (Å²) in [5.41, 5.74) is 3.45. The molecule has 3 heterocycles. The molecule has 0 spiro atoms. The standard InChI is InChI=1S/C25H36N4O2/c30-19-24(28-14-12-27(13-15-28)23-4-3-5-23)18-26-11-8-20-16-21(6-7-22(20)17-26)25(31)29-9-1-2-10-29/h6-7,16,19,23-24H,1-5,8-15,17-18H2. The van der Waals surface area contributed by atoms with Crippen molar-refractivity contribution in [1.82, 2.24) is 19.6 Å². The van der Waals surface area contributed by atoms with Crippen LogP contribution >= 0.6 is 0 Å². The summed E-state index contributed by atoms with van der Waals surface area (Å²) in [6.07, 6.45) is 8.46. The first kappa shape index (κ1) is 21.1. The average molecular weight is 425 g/mol. The molecule has 6 nitrogen and oxygen atoms in total. The van der Waals surface area contributed by atoms with Gasteiger partial charge < -0.3 is 9.69 Å². The minimum atomic E-state index is -0.0129. The van der Waals surface area contributed by atoms with Crippen molar-refractivity contribution in [3.8, 4) is 0 Å². The summed E-state index contributed by atoms with van der Waals surface area (Å²) in [5.74, 6) is 0.185. The van der Waals surface area contributed by atoms with Crippen molar-refractivity contribution >= 4 is 12.2 Å². The molecule has 1 aliphatic carbocycles. The summed E-state index contributed by atoms with van der Waals surface area (Å²) in [6.45, 7) is 8.65. The highest BCUT2D eigenvalue weighted by atomic mass is 16.2. The molecule has 3 fully saturated rings. The number of amides is 1. The molecule has 1 saturated carbocycles. The van der Waals surface area contributed by atoms with Gasteiger partial charge in [-0.15, -0.1) is 0 Å². The second kappa shape index (κ2) is 9.39. The molecule has 1 amide bonds. The fourth-order valence-electron chi connectivity index (χ4n) is 5.70. The fraction of sp³-hybridized carbons (Fsp3) is 0.680. The van der Waals surface area contributed by atoms with Gasteiger partial charge in [0.1, 0.15) is 6.29 Å². The Balaban J connectivity index is 1.16. The minimum absolute atomic E-state index is 0.0129. The number of hydrogen-bond donors (Lipinski definition) is 0. The Hall–Kier alpha value is -1.76. The summed E-state index contributed by atoms with van der Waals surface area (Å²) in [5, 5.41) is 0. The average Bonchev–Trinajstić information content (AvgIpc) is 3.31. The Labute approximate surface area is 186 Å². The van der Waals surface area contributed by atoms with Gasteiger partial charge in [-0.25, -0.2) is 0 Å². The van der Waals surface area contributed by atoms with Crippen LogP contribution in [-0.4, -0.2) is 96.2 Å². The number of hydrogen-bond acceptors (Lipinski definition) is 5. The predicted molar refractivity (Wildman–Crippen MR) is 121 cm³/mol. The van der Waals surface area contributed by atoms with Crippen LogP contribution in [-0.2, 0) is 17.8 Å². The Bertz CT molecular complexity index is 795. The van der Waals surface area contributed by atoms with Crippen molar-refractivity contribution in [3.63, 3.8) is 0 Å². The fourth-order valence-corrected chi connectivity index (χ4v) is 5.70. The molecule has 0 aromatic heterocycles. The molecule has 168 valence electrons. The lowest BCUT2D eigenvalue weighted by Crippen LogP contribution is -2.57. The molecule has 4 aliphatic rings. The van der Waals surface area contributed by atoms with E-state index in [9.17, 15) is 9.59 Å². The van der Waals surface area contributed by atoms with E-state index in [1.54, 1.807) is 0 Å². The van der Waals surface area contributed by atoms with Gasteiger partial charge in [0.2, 0.25) is 0 Å². The molecule has 0 N–H and O–H groups in total. The summed E-state index contributed by atoms with van der Waals surface area (Å²) < 4.78 is 0. The molecule has 1 aromatic carbocycles. The van der Waals surface area contributed by atoms with Crippen molar-refractivity contribution < 1.29 is 9.59 Å². The van der Waals surface area contributed by atoms with Crippen molar-refractivity contribution in [2.75, 3.05) is 52.4 Å². The number of likely N-dealkylation sites (tertiary alicyclic amines) is 1. The SMILES string of the molecule is O=CC(CN1CCc2cc(C(=O)N3CCCC3)ccc2C1)N1CCN(C2CCC2)CC1. The molecular weight excluding hydrogens is 388 g/mol. The van der Waals surface area contributed by atoms with Gasteiger partial charge in [0.05, 0.1) is 6.04 Å². The molecule has 3 aliphatic heterocycles. The van der Waals surface area contributed by atoms with E-state index in [0.717, 1.165) is 96.1 Å². The number of aldehydes is 1. The van der Waals surface area contributed by atoms with Crippen LogP contribution in [0.4, 0.5) is 0 Å². The minimum Gasteiger partial charge on any atom is -0.339 e. The van der Waals surface area contributed by atoms with E-state index in [0.29, 0.717) is 0 Å². The topological polar surface area (TPSA) is 47.1 Å². The van der Waals surface area contributed by atoms with Crippen molar-refractivity contribution in [1.29, 1.82) is 0 Å². The van der Waals surface area contributed by atoms with Crippen LogP contribution in [0.15, 0.2) is 18.2 Å². The molecule has 0 bridgehead atoms. The van der Waals surface area contributed by atoms with E-state index in [1.165, 1.54) is 30.4 Å². The third-order valence-electron chi connectivity index (χ3n) is 7.95. The number of nitrogens with zero attached hydrogens (tertiary/aromatic N) is 4. The Morgan fingerprint density at radius 1 is 0.968 bits per heavy atom. The normalized spacial score (nSPS) is 24.6. The van der Waals surface area contributed by atoms with Gasteiger partial charge in [-0.1, -0.05) is 12.5 Å². The van der Waals surface area contributed by atoms with Gasteiger partial charge in [-0.05, 0) is 55.4 Å². The predicted octanol–water partition coefficient (Wildman–Crippen LogP) is 2.02. The summed E-state index contributed by atoms with van der Waals surface area (Å²) in [6, 6.07) is 7.04. The summed E-state index contributed by atoms with van der Waals surface area (Å²) in [4.78, 5) is 34.1. The number of fused-ring (bicyclic) bond motifs is 1. The first-order valence-corrected chi connectivity index (χ1v) is 12.3. The zero-order chi connectivity index (χ0) is 21.2. The van der Waals surface area contributed by atoms with E-state index in [-0.39, 0.29) is 11.9 Å². The van der Waals surface area contributed by atoms with Gasteiger partial charge in [-0.3, -0.25) is 19.5 Å². The molecule has 1 aromatic rings. The van der Waals surface area contributed by atoms with Crippen molar-refractivity contribution in [2.45, 2.75) is 57.2 Å². The lowest BCUT2D eigenvalue weighted by molar-refractivity contribution is -0.114. The van der Waals surface area contributed by atoms with E-state index in [4.69, 9.17) is 0 Å². The van der Waals surface area contributed by atoms with Crippen LogP contribution in [0.1, 0.15) is 53.6 Å². The number of carbonyl (C=O) groups excluding carboxylic acids is 2. The molecule has 5 rings (SSSR count). The second-order valence-electron chi connectivity index (χ2n) is 9.83. The van der Waals surface area contributed by atoms with E-state index in [1.807, 2.05) is 11.0 Å². The van der Waals surface area contributed by atoms with Gasteiger partial charge in [0, 0.05) is 70.5 Å². The Morgan fingerprint density at radius 3 is 2.42 bits per heavy atom. The van der Waals surface area contributed by atoms with Crippen LogP contribution in [0.3, 0.4) is 0 Å². The number of carbonyl (C=O) groups is 2. The largest absolute Gasteiger partial charge is 0.339 e. The first-order chi connectivity index (χ1) is 15.2. The molecule has 6 heteroatoms. The quantitative estimate of drug-likeness (QED) is 0.654. The molecule has 2 saturated heterocycles. The molecule has 0 radical (unpaired) electrons. The highest BCUT2D eigenvalue weighted by Crippen LogP contribution is 2.26. The second-order valence-corrected chi connectivity index (χ2v) is 9.83. The molecule has 1 atom stereocenters. The summed E-state index contributed by atoms with van der Waals surface area (Å²) in [7, 11) is 0. The number of piperazine rings is 1. The van der Waals surface area contributed by atoms with Crippen LogP contribution in [0.25, 0.3) is 0 Å². The highest BCUT2D eigenvalue weighted by Gasteiger charge is 2.31. The van der Waals surface area contributed by atoms with E-state index in [2.05, 4.69) is 26.8 Å².